The third kappa shape index (κ3) is 7.37. The zero-order valence-corrected chi connectivity index (χ0v) is 16.4. The first-order chi connectivity index (χ1) is 13.0. The molecule has 27 heavy (non-hydrogen) atoms. The highest BCUT2D eigenvalue weighted by atomic mass is 35.5. The quantitative estimate of drug-likeness (QED) is 0.618. The summed E-state index contributed by atoms with van der Waals surface area (Å²) in [5.41, 5.74) is 1.53. The van der Waals surface area contributed by atoms with Crippen LogP contribution >= 0.6 is 23.2 Å². The molecule has 6 nitrogen and oxygen atoms in total. The van der Waals surface area contributed by atoms with Crippen LogP contribution in [0.15, 0.2) is 42.5 Å². The second kappa shape index (κ2) is 10.6. The number of rotatable bonds is 8. The maximum atomic E-state index is 12.0. The topological polar surface area (TPSA) is 79.5 Å². The summed E-state index contributed by atoms with van der Waals surface area (Å²) in [4.78, 5) is 23.3. The first-order valence-corrected chi connectivity index (χ1v) is 9.22. The molecule has 2 rings (SSSR count). The van der Waals surface area contributed by atoms with Gasteiger partial charge in [-0.05, 0) is 55.3 Å². The van der Waals surface area contributed by atoms with E-state index in [1.807, 2.05) is 13.0 Å². The first kappa shape index (κ1) is 20.9. The van der Waals surface area contributed by atoms with Gasteiger partial charge in [-0.25, -0.2) is 4.79 Å². The highest BCUT2D eigenvalue weighted by Gasteiger charge is 2.05. The minimum absolute atomic E-state index is 0.0473. The predicted octanol–water partition coefficient (Wildman–Crippen LogP) is 3.87. The third-order valence-corrected chi connectivity index (χ3v) is 4.14. The van der Waals surface area contributed by atoms with Crippen LogP contribution < -0.4 is 20.7 Å². The van der Waals surface area contributed by atoms with Crippen LogP contribution in [0.4, 0.5) is 10.5 Å². The van der Waals surface area contributed by atoms with Gasteiger partial charge in [-0.3, -0.25) is 4.79 Å². The SMILES string of the molecule is CCNC(=O)COc1ccc(NC(=O)NCCc2ccc(Cl)cc2Cl)cc1. The predicted molar refractivity (Wildman–Crippen MR) is 108 cm³/mol. The molecule has 2 aromatic rings. The van der Waals surface area contributed by atoms with E-state index >= 15 is 0 Å². The Hall–Kier alpha value is -2.44. The van der Waals surface area contributed by atoms with Crippen LogP contribution in [-0.4, -0.2) is 31.6 Å². The molecule has 3 amide bonds. The summed E-state index contributed by atoms with van der Waals surface area (Å²) in [6, 6.07) is 11.7. The molecule has 0 aliphatic heterocycles. The van der Waals surface area contributed by atoms with Crippen LogP contribution in [0.2, 0.25) is 10.0 Å². The molecule has 0 saturated heterocycles. The smallest absolute Gasteiger partial charge is 0.319 e. The highest BCUT2D eigenvalue weighted by molar-refractivity contribution is 6.35. The fourth-order valence-electron chi connectivity index (χ4n) is 2.24. The van der Waals surface area contributed by atoms with Crippen LogP contribution in [0.5, 0.6) is 5.75 Å². The lowest BCUT2D eigenvalue weighted by Gasteiger charge is -2.10. The van der Waals surface area contributed by atoms with Gasteiger partial charge in [0.05, 0.1) is 0 Å². The summed E-state index contributed by atoms with van der Waals surface area (Å²) in [6.45, 7) is 2.78. The van der Waals surface area contributed by atoms with Crippen molar-refractivity contribution in [1.29, 1.82) is 0 Å². The Morgan fingerprint density at radius 2 is 1.78 bits per heavy atom. The van der Waals surface area contributed by atoms with Gasteiger partial charge in [0.2, 0.25) is 0 Å². The summed E-state index contributed by atoms with van der Waals surface area (Å²) >= 11 is 12.0. The zero-order chi connectivity index (χ0) is 19.6. The Bertz CT molecular complexity index is 782. The molecule has 0 unspecified atom stereocenters. The average Bonchev–Trinajstić information content (AvgIpc) is 2.63. The Kier molecular flexibility index (Phi) is 8.23. The summed E-state index contributed by atoms with van der Waals surface area (Å²) in [5, 5.41) is 9.29. The summed E-state index contributed by atoms with van der Waals surface area (Å²) in [6.07, 6.45) is 0.593. The number of nitrogens with one attached hydrogen (secondary N) is 3. The summed E-state index contributed by atoms with van der Waals surface area (Å²) in [5.74, 6) is 0.365. The number of amides is 3. The van der Waals surface area contributed by atoms with Gasteiger partial charge in [0.25, 0.3) is 5.91 Å². The largest absolute Gasteiger partial charge is 0.484 e. The third-order valence-electron chi connectivity index (χ3n) is 3.55. The minimum Gasteiger partial charge on any atom is -0.484 e. The van der Waals surface area contributed by atoms with E-state index in [1.54, 1.807) is 36.4 Å². The standard InChI is InChI=1S/C19H21Cl2N3O3/c1-2-22-18(25)12-27-16-7-5-15(6-8-16)24-19(26)23-10-9-13-3-4-14(20)11-17(13)21/h3-8,11H,2,9-10,12H2,1H3,(H,22,25)(H2,23,24,26). The van der Waals surface area contributed by atoms with Crippen molar-refractivity contribution in [2.24, 2.45) is 0 Å². The van der Waals surface area contributed by atoms with Gasteiger partial charge in [0.15, 0.2) is 6.61 Å². The van der Waals surface area contributed by atoms with Gasteiger partial charge in [0, 0.05) is 28.8 Å². The molecule has 0 heterocycles. The normalized spacial score (nSPS) is 10.2. The number of benzene rings is 2. The number of hydrogen-bond donors (Lipinski definition) is 3. The van der Waals surface area contributed by atoms with Crippen molar-refractivity contribution < 1.29 is 14.3 Å². The number of carbonyl (C=O) groups excluding carboxylic acids is 2. The number of likely N-dealkylation sites (N-methyl/N-ethyl adjacent to an activating group) is 1. The fraction of sp³-hybridized carbons (Fsp3) is 0.263. The maximum absolute atomic E-state index is 12.0. The van der Waals surface area contributed by atoms with Gasteiger partial charge in [-0.1, -0.05) is 29.3 Å². The molecule has 2 aromatic carbocycles. The van der Waals surface area contributed by atoms with E-state index in [0.29, 0.717) is 41.0 Å². The number of carbonyl (C=O) groups is 2. The van der Waals surface area contributed by atoms with Crippen molar-refractivity contribution in [2.75, 3.05) is 25.0 Å². The number of ether oxygens (including phenoxy) is 1. The molecular formula is C19H21Cl2N3O3. The molecule has 3 N–H and O–H groups in total. The second-order valence-electron chi connectivity index (χ2n) is 5.63. The van der Waals surface area contributed by atoms with Gasteiger partial charge >= 0.3 is 6.03 Å². The van der Waals surface area contributed by atoms with Crippen molar-refractivity contribution in [3.05, 3.63) is 58.1 Å². The molecule has 0 aliphatic carbocycles. The van der Waals surface area contributed by atoms with E-state index in [4.69, 9.17) is 27.9 Å². The highest BCUT2D eigenvalue weighted by Crippen LogP contribution is 2.21. The van der Waals surface area contributed by atoms with Crippen molar-refractivity contribution >= 4 is 40.8 Å². The fourth-order valence-corrected chi connectivity index (χ4v) is 2.74. The first-order valence-electron chi connectivity index (χ1n) is 8.46. The maximum Gasteiger partial charge on any atom is 0.319 e. The minimum atomic E-state index is -0.323. The van der Waals surface area contributed by atoms with Crippen molar-refractivity contribution in [3.63, 3.8) is 0 Å². The molecule has 0 saturated carbocycles. The van der Waals surface area contributed by atoms with E-state index < -0.39 is 0 Å². The Balaban J connectivity index is 1.74. The van der Waals surface area contributed by atoms with Crippen molar-refractivity contribution in [2.45, 2.75) is 13.3 Å². The number of hydrogen-bond acceptors (Lipinski definition) is 3. The lowest BCUT2D eigenvalue weighted by molar-refractivity contribution is -0.122. The number of halogens is 2. The Labute approximate surface area is 168 Å². The van der Waals surface area contributed by atoms with E-state index in [-0.39, 0.29) is 18.5 Å². The van der Waals surface area contributed by atoms with Crippen molar-refractivity contribution in [3.8, 4) is 5.75 Å². The Morgan fingerprint density at radius 3 is 2.44 bits per heavy atom. The average molecular weight is 410 g/mol. The molecule has 0 aliphatic rings. The van der Waals surface area contributed by atoms with Crippen LogP contribution in [-0.2, 0) is 11.2 Å². The molecule has 8 heteroatoms. The summed E-state index contributed by atoms with van der Waals surface area (Å²) < 4.78 is 5.35. The van der Waals surface area contributed by atoms with Crippen molar-refractivity contribution in [1.82, 2.24) is 10.6 Å². The molecule has 0 radical (unpaired) electrons. The molecule has 0 atom stereocenters. The monoisotopic (exact) mass is 409 g/mol. The van der Waals surface area contributed by atoms with Crippen LogP contribution in [0.3, 0.4) is 0 Å². The van der Waals surface area contributed by atoms with Gasteiger partial charge < -0.3 is 20.7 Å². The molecular weight excluding hydrogens is 389 g/mol. The zero-order valence-electron chi connectivity index (χ0n) is 14.9. The molecule has 0 aromatic heterocycles. The van der Waals surface area contributed by atoms with E-state index in [2.05, 4.69) is 16.0 Å². The van der Waals surface area contributed by atoms with Crippen LogP contribution in [0, 0.1) is 0 Å². The molecule has 0 fully saturated rings. The van der Waals surface area contributed by atoms with E-state index in [1.165, 1.54) is 0 Å². The van der Waals surface area contributed by atoms with E-state index in [0.717, 1.165) is 5.56 Å². The lowest BCUT2D eigenvalue weighted by atomic mass is 10.1. The lowest BCUT2D eigenvalue weighted by Crippen LogP contribution is -2.30. The van der Waals surface area contributed by atoms with Crippen LogP contribution in [0.25, 0.3) is 0 Å². The molecule has 0 spiro atoms. The molecule has 0 bridgehead atoms. The second-order valence-corrected chi connectivity index (χ2v) is 6.48. The van der Waals surface area contributed by atoms with Gasteiger partial charge in [-0.2, -0.15) is 0 Å². The molecule has 144 valence electrons. The summed E-state index contributed by atoms with van der Waals surface area (Å²) in [7, 11) is 0. The van der Waals surface area contributed by atoms with Gasteiger partial charge in [-0.15, -0.1) is 0 Å². The van der Waals surface area contributed by atoms with Crippen LogP contribution in [0.1, 0.15) is 12.5 Å². The number of urea groups is 1. The van der Waals surface area contributed by atoms with E-state index in [9.17, 15) is 9.59 Å². The number of anilines is 1. The van der Waals surface area contributed by atoms with Gasteiger partial charge in [0.1, 0.15) is 5.75 Å². The Morgan fingerprint density at radius 1 is 1.04 bits per heavy atom.